The Hall–Kier alpha value is -1.06. The van der Waals surface area contributed by atoms with E-state index in [9.17, 15) is 0 Å². The van der Waals surface area contributed by atoms with Gasteiger partial charge in [0.25, 0.3) is 0 Å². The van der Waals surface area contributed by atoms with E-state index in [1.807, 2.05) is 18.2 Å². The molecular weight excluding hydrogens is 238 g/mol. The van der Waals surface area contributed by atoms with Gasteiger partial charge in [0.15, 0.2) is 0 Å². The summed E-state index contributed by atoms with van der Waals surface area (Å²) in [5.41, 5.74) is 7.14. The summed E-state index contributed by atoms with van der Waals surface area (Å²) in [7, 11) is 1.67. The molecule has 0 fully saturated rings. The quantitative estimate of drug-likeness (QED) is 0.818. The summed E-state index contributed by atoms with van der Waals surface area (Å²) in [5.74, 6) is 0.837. The molecule has 2 unspecified atom stereocenters. The Morgan fingerprint density at radius 2 is 1.95 bits per heavy atom. The number of benzene rings is 1. The molecule has 0 aliphatic heterocycles. The van der Waals surface area contributed by atoms with Crippen LogP contribution in [0.4, 0.5) is 0 Å². The van der Waals surface area contributed by atoms with E-state index in [1.165, 1.54) is 0 Å². The molecule has 0 saturated heterocycles. The van der Waals surface area contributed by atoms with Gasteiger partial charge in [0.2, 0.25) is 0 Å². The Kier molecular flexibility index (Phi) is 5.83. The normalized spacial score (nSPS) is 15.1. The Bertz CT molecular complexity index is 390. The molecule has 3 nitrogen and oxygen atoms in total. The van der Waals surface area contributed by atoms with Crippen molar-refractivity contribution in [1.82, 2.24) is 0 Å². The van der Waals surface area contributed by atoms with Gasteiger partial charge in [0.1, 0.15) is 5.75 Å². The average molecular weight is 265 g/mol. The molecule has 0 radical (unpaired) electrons. The summed E-state index contributed by atoms with van der Waals surface area (Å²) >= 11 is 0. The van der Waals surface area contributed by atoms with Crippen molar-refractivity contribution in [3.8, 4) is 5.75 Å². The van der Waals surface area contributed by atoms with Crippen LogP contribution in [-0.2, 0) is 4.74 Å². The van der Waals surface area contributed by atoms with E-state index in [-0.39, 0.29) is 17.7 Å². The second-order valence-corrected chi connectivity index (χ2v) is 5.50. The highest BCUT2D eigenvalue weighted by Crippen LogP contribution is 2.31. The minimum Gasteiger partial charge on any atom is -0.497 e. The number of rotatable bonds is 7. The van der Waals surface area contributed by atoms with E-state index in [0.29, 0.717) is 0 Å². The summed E-state index contributed by atoms with van der Waals surface area (Å²) < 4.78 is 11.5. The Balaban J connectivity index is 3.02. The van der Waals surface area contributed by atoms with Gasteiger partial charge in [0.05, 0.1) is 18.8 Å². The molecular formula is C16H27NO2. The third kappa shape index (κ3) is 4.51. The Labute approximate surface area is 117 Å². The minimum absolute atomic E-state index is 0.0158. The molecule has 0 amide bonds. The van der Waals surface area contributed by atoms with Crippen molar-refractivity contribution in [1.29, 1.82) is 0 Å². The van der Waals surface area contributed by atoms with Crippen LogP contribution in [0.1, 0.15) is 52.2 Å². The van der Waals surface area contributed by atoms with Gasteiger partial charge in [0, 0.05) is 6.04 Å². The van der Waals surface area contributed by atoms with Crippen molar-refractivity contribution < 1.29 is 9.47 Å². The van der Waals surface area contributed by atoms with Crippen LogP contribution in [0.3, 0.4) is 0 Å². The lowest BCUT2D eigenvalue weighted by atomic mass is 9.98. The number of nitrogens with two attached hydrogens (primary N) is 1. The lowest BCUT2D eigenvalue weighted by molar-refractivity contribution is -0.0858. The van der Waals surface area contributed by atoms with Crippen molar-refractivity contribution in [3.63, 3.8) is 0 Å². The van der Waals surface area contributed by atoms with E-state index in [4.69, 9.17) is 15.2 Å². The molecule has 1 rings (SSSR count). The lowest BCUT2D eigenvalue weighted by Crippen LogP contribution is -2.36. The number of ether oxygens (including phenoxy) is 2. The minimum atomic E-state index is -0.180. The first-order chi connectivity index (χ1) is 8.93. The molecule has 0 saturated carbocycles. The van der Waals surface area contributed by atoms with Gasteiger partial charge in [-0.1, -0.05) is 26.0 Å². The van der Waals surface area contributed by atoms with Crippen LogP contribution < -0.4 is 10.5 Å². The summed E-state index contributed by atoms with van der Waals surface area (Å²) in [4.78, 5) is 0. The molecule has 0 aliphatic rings. The van der Waals surface area contributed by atoms with Crippen LogP contribution >= 0.6 is 0 Å². The van der Waals surface area contributed by atoms with E-state index in [2.05, 4.69) is 33.8 Å². The van der Waals surface area contributed by atoms with Crippen molar-refractivity contribution >= 4 is 0 Å². The molecule has 108 valence electrons. The fraction of sp³-hybridized carbons (Fsp3) is 0.625. The van der Waals surface area contributed by atoms with Gasteiger partial charge in [-0.3, -0.25) is 0 Å². The van der Waals surface area contributed by atoms with Crippen LogP contribution in [0, 0.1) is 0 Å². The Morgan fingerprint density at radius 3 is 2.47 bits per heavy atom. The van der Waals surface area contributed by atoms with Gasteiger partial charge in [-0.05, 0) is 44.4 Å². The summed E-state index contributed by atoms with van der Waals surface area (Å²) in [6, 6.07) is 7.95. The zero-order chi connectivity index (χ0) is 14.5. The second-order valence-electron chi connectivity index (χ2n) is 5.50. The predicted octanol–water partition coefficient (Wildman–Crippen LogP) is 3.68. The molecule has 2 N–H and O–H groups in total. The molecule has 19 heavy (non-hydrogen) atoms. The highest BCUT2D eigenvalue weighted by Gasteiger charge is 2.27. The number of methoxy groups -OCH3 is 1. The molecule has 0 spiro atoms. The molecule has 1 aromatic rings. The van der Waals surface area contributed by atoms with E-state index in [1.54, 1.807) is 7.11 Å². The topological polar surface area (TPSA) is 44.5 Å². The van der Waals surface area contributed by atoms with Crippen molar-refractivity contribution in [2.24, 2.45) is 5.73 Å². The Morgan fingerprint density at radius 1 is 1.26 bits per heavy atom. The monoisotopic (exact) mass is 265 g/mol. The van der Waals surface area contributed by atoms with Gasteiger partial charge >= 0.3 is 0 Å². The van der Waals surface area contributed by atoms with Crippen LogP contribution in [-0.4, -0.2) is 18.8 Å². The maximum absolute atomic E-state index is 6.24. The summed E-state index contributed by atoms with van der Waals surface area (Å²) in [5, 5.41) is 0. The van der Waals surface area contributed by atoms with Crippen LogP contribution in [0.5, 0.6) is 5.75 Å². The van der Waals surface area contributed by atoms with Crippen molar-refractivity contribution in [3.05, 3.63) is 29.8 Å². The molecule has 1 aromatic carbocycles. The smallest absolute Gasteiger partial charge is 0.119 e. The van der Waals surface area contributed by atoms with E-state index < -0.39 is 0 Å². The second kappa shape index (κ2) is 6.92. The fourth-order valence-electron chi connectivity index (χ4n) is 1.86. The average Bonchev–Trinajstić information content (AvgIpc) is 2.44. The largest absolute Gasteiger partial charge is 0.497 e. The van der Waals surface area contributed by atoms with Gasteiger partial charge in [-0.2, -0.15) is 0 Å². The lowest BCUT2D eigenvalue weighted by Gasteiger charge is -2.33. The van der Waals surface area contributed by atoms with E-state index in [0.717, 1.165) is 24.2 Å². The van der Waals surface area contributed by atoms with Crippen LogP contribution in [0.2, 0.25) is 0 Å². The van der Waals surface area contributed by atoms with Gasteiger partial charge < -0.3 is 15.2 Å². The maximum Gasteiger partial charge on any atom is 0.119 e. The highest BCUT2D eigenvalue weighted by atomic mass is 16.5. The maximum atomic E-state index is 6.24. The van der Waals surface area contributed by atoms with Crippen molar-refractivity contribution in [2.45, 2.75) is 58.3 Å². The predicted molar refractivity (Wildman–Crippen MR) is 79.5 cm³/mol. The SMILES string of the molecule is CCC(N)C(OC(C)(C)CC)c1cccc(OC)c1. The first kappa shape index (κ1) is 16.0. The molecule has 0 heterocycles. The zero-order valence-electron chi connectivity index (χ0n) is 12.8. The third-order valence-electron chi connectivity index (χ3n) is 3.58. The molecule has 3 heteroatoms. The first-order valence-electron chi connectivity index (χ1n) is 7.00. The molecule has 0 bridgehead atoms. The molecule has 0 aromatic heterocycles. The summed E-state index contributed by atoms with van der Waals surface area (Å²) in [6.45, 7) is 8.41. The summed E-state index contributed by atoms with van der Waals surface area (Å²) in [6.07, 6.45) is 1.72. The highest BCUT2D eigenvalue weighted by molar-refractivity contribution is 5.30. The fourth-order valence-corrected chi connectivity index (χ4v) is 1.86. The van der Waals surface area contributed by atoms with Gasteiger partial charge in [-0.15, -0.1) is 0 Å². The number of hydrogen-bond donors (Lipinski definition) is 1. The van der Waals surface area contributed by atoms with Gasteiger partial charge in [-0.25, -0.2) is 0 Å². The molecule has 2 atom stereocenters. The third-order valence-corrected chi connectivity index (χ3v) is 3.58. The zero-order valence-corrected chi connectivity index (χ0v) is 12.8. The number of hydrogen-bond acceptors (Lipinski definition) is 3. The standard InChI is InChI=1S/C16H27NO2/c1-6-14(17)15(19-16(3,4)7-2)12-9-8-10-13(11-12)18-5/h8-11,14-15H,6-7,17H2,1-5H3. The van der Waals surface area contributed by atoms with Crippen LogP contribution in [0.25, 0.3) is 0 Å². The first-order valence-corrected chi connectivity index (χ1v) is 7.00. The van der Waals surface area contributed by atoms with Crippen LogP contribution in [0.15, 0.2) is 24.3 Å². The van der Waals surface area contributed by atoms with Crippen molar-refractivity contribution in [2.75, 3.05) is 7.11 Å². The van der Waals surface area contributed by atoms with E-state index >= 15 is 0 Å². The molecule has 0 aliphatic carbocycles.